The molecule has 14 nitrogen and oxygen atoms in total. The highest BCUT2D eigenvalue weighted by Gasteiger charge is 2.51. The third-order valence-electron chi connectivity index (χ3n) is 16.4. The number of carbonyl (C=O) groups excluding carboxylic acids is 1. The second-order valence-electron chi connectivity index (χ2n) is 24.3. The van der Waals surface area contributed by atoms with Crippen LogP contribution in [0.25, 0.3) is 0 Å². The fourth-order valence-electron chi connectivity index (χ4n) is 10.8. The molecule has 1 amide bonds. The van der Waals surface area contributed by atoms with Gasteiger partial charge in [-0.15, -0.1) is 0 Å². The van der Waals surface area contributed by atoms with E-state index in [2.05, 4.69) is 129 Å². The van der Waals surface area contributed by atoms with Gasteiger partial charge in [0.25, 0.3) is 0 Å². The van der Waals surface area contributed by atoms with Gasteiger partial charge in [-0.2, -0.15) is 0 Å². The molecule has 0 bridgehead atoms. The van der Waals surface area contributed by atoms with Crippen LogP contribution >= 0.6 is 0 Å². The summed E-state index contributed by atoms with van der Waals surface area (Å²) in [7, 11) is 0. The molecule has 2 heterocycles. The van der Waals surface area contributed by atoms with Crippen molar-refractivity contribution in [1.82, 2.24) is 5.32 Å². The van der Waals surface area contributed by atoms with Crippen LogP contribution in [0, 0.1) is 0 Å². The van der Waals surface area contributed by atoms with Crippen LogP contribution in [0.15, 0.2) is 122 Å². The number of carbonyl (C=O) groups is 1. The Kier molecular flexibility index (Phi) is 53.3. The average Bonchev–Trinajstić information content (AvgIpc) is 2.51. The lowest BCUT2D eigenvalue weighted by atomic mass is 9.97. The number of aliphatic hydroxyl groups is 8. The highest BCUT2D eigenvalue weighted by molar-refractivity contribution is 5.76. The fourth-order valence-corrected chi connectivity index (χ4v) is 10.8. The van der Waals surface area contributed by atoms with E-state index in [4.69, 9.17) is 18.9 Å². The van der Waals surface area contributed by atoms with Crippen molar-refractivity contribution in [3.8, 4) is 0 Å². The van der Waals surface area contributed by atoms with Gasteiger partial charge in [-0.1, -0.05) is 270 Å². The maximum atomic E-state index is 13.3. The molecule has 2 aliphatic heterocycles. The number of rotatable bonds is 56. The van der Waals surface area contributed by atoms with E-state index >= 15 is 0 Å². The molecule has 2 fully saturated rings. The number of unbranched alkanes of at least 4 members (excludes halogenated alkanes) is 25. The van der Waals surface area contributed by atoms with Crippen molar-refractivity contribution in [2.75, 3.05) is 19.8 Å². The average molecular weight is 1250 g/mol. The molecule has 0 aliphatic carbocycles. The van der Waals surface area contributed by atoms with Crippen LogP contribution in [-0.2, 0) is 23.7 Å². The highest BCUT2D eigenvalue weighted by Crippen LogP contribution is 2.30. The van der Waals surface area contributed by atoms with Crippen molar-refractivity contribution in [1.29, 1.82) is 0 Å². The van der Waals surface area contributed by atoms with Gasteiger partial charge in [-0.05, 0) is 96.3 Å². The van der Waals surface area contributed by atoms with Crippen LogP contribution in [0.1, 0.15) is 251 Å². The number of aliphatic hydroxyl groups excluding tert-OH is 8. The van der Waals surface area contributed by atoms with Gasteiger partial charge in [0.15, 0.2) is 12.6 Å². The van der Waals surface area contributed by atoms with Crippen molar-refractivity contribution >= 4 is 5.91 Å². The largest absolute Gasteiger partial charge is 0.394 e. The van der Waals surface area contributed by atoms with E-state index in [0.29, 0.717) is 12.8 Å². The maximum absolute atomic E-state index is 13.3. The highest BCUT2D eigenvalue weighted by atomic mass is 16.7. The zero-order valence-electron chi connectivity index (χ0n) is 55.4. The quantitative estimate of drug-likeness (QED) is 0.0204. The Labute approximate surface area is 539 Å². The lowest BCUT2D eigenvalue weighted by molar-refractivity contribution is -0.359. The normalized spacial score (nSPS) is 23.8. The number of ether oxygens (including phenoxy) is 4. The van der Waals surface area contributed by atoms with Crippen LogP contribution in [0.5, 0.6) is 0 Å². The van der Waals surface area contributed by atoms with Crippen LogP contribution < -0.4 is 5.32 Å². The second kappa shape index (κ2) is 58.2. The predicted molar refractivity (Wildman–Crippen MR) is 364 cm³/mol. The van der Waals surface area contributed by atoms with Gasteiger partial charge in [0.1, 0.15) is 48.8 Å². The first-order valence-corrected chi connectivity index (χ1v) is 35.3. The maximum Gasteiger partial charge on any atom is 0.220 e. The standard InChI is InChI=1S/C75H127NO13/c1-3-5-7-9-11-13-15-17-19-21-23-25-27-29-31-32-33-35-37-39-41-43-45-47-49-51-53-55-57-59-67(80)76-63(62-86-74-72(85)70(83)73(66(61-78)88-74)89-75-71(84)69(82)68(81)65(60-77)87-75)64(79)58-56-54-52-50-48-46-44-42-40-38-36-34-30-28-26-24-22-20-18-16-14-12-10-8-6-4-2/h5,7,11,13,17,19,23,25,29,31,33,35,39,41,45,47-48,50,56,58,63-66,68-75,77-79,81-85H,3-4,6,8-10,12,14-16,18,20-22,24,26-28,30,32,34,36-38,40,42-44,46,49,51-55,57,59-62H2,1-2H3,(H,76,80)/b7-5-,13-11-,19-17-,25-23-,31-29-,35-33-,41-39-,47-45-,50-48+,58-56+. The molecule has 0 aromatic heterocycles. The van der Waals surface area contributed by atoms with E-state index in [1.165, 1.54) is 128 Å². The third-order valence-corrected chi connectivity index (χ3v) is 16.4. The summed E-state index contributed by atoms with van der Waals surface area (Å²) >= 11 is 0. The van der Waals surface area contributed by atoms with Crippen molar-refractivity contribution in [2.45, 2.75) is 325 Å². The van der Waals surface area contributed by atoms with E-state index < -0.39 is 86.8 Å². The minimum atomic E-state index is -1.80. The van der Waals surface area contributed by atoms with Crippen LogP contribution in [0.4, 0.5) is 0 Å². The molecule has 2 aliphatic rings. The zero-order chi connectivity index (χ0) is 64.5. The summed E-state index contributed by atoms with van der Waals surface area (Å²) in [6.45, 7) is 2.66. The Bertz CT molecular complexity index is 1960. The number of allylic oxidation sites excluding steroid dienone is 19. The summed E-state index contributed by atoms with van der Waals surface area (Å²) in [6, 6.07) is -0.957. The first-order valence-electron chi connectivity index (χ1n) is 35.3. The molecule has 12 atom stereocenters. The lowest BCUT2D eigenvalue weighted by Gasteiger charge is -2.46. The summed E-state index contributed by atoms with van der Waals surface area (Å²) in [5.41, 5.74) is 0. The van der Waals surface area contributed by atoms with Crippen molar-refractivity contribution in [3.63, 3.8) is 0 Å². The van der Waals surface area contributed by atoms with Gasteiger partial charge in [-0.3, -0.25) is 4.79 Å². The zero-order valence-corrected chi connectivity index (χ0v) is 55.4. The number of amides is 1. The molecule has 0 saturated carbocycles. The first kappa shape index (κ1) is 81.5. The Morgan fingerprint density at radius 3 is 1.24 bits per heavy atom. The van der Waals surface area contributed by atoms with E-state index in [9.17, 15) is 45.6 Å². The monoisotopic (exact) mass is 1250 g/mol. The summed E-state index contributed by atoms with van der Waals surface area (Å²) < 4.78 is 22.8. The van der Waals surface area contributed by atoms with E-state index in [1.54, 1.807) is 6.08 Å². The number of hydrogen-bond donors (Lipinski definition) is 9. The van der Waals surface area contributed by atoms with E-state index in [1.807, 2.05) is 6.08 Å². The van der Waals surface area contributed by atoms with Gasteiger partial charge in [0, 0.05) is 6.42 Å². The first-order chi connectivity index (χ1) is 43.6. The summed E-state index contributed by atoms with van der Waals surface area (Å²) in [5, 5.41) is 87.4. The van der Waals surface area contributed by atoms with Crippen molar-refractivity contribution in [3.05, 3.63) is 122 Å². The summed E-state index contributed by atoms with van der Waals surface area (Å²) in [6.07, 6.45) is 68.2. The van der Waals surface area contributed by atoms with Crippen molar-refractivity contribution < 1.29 is 64.6 Å². The summed E-state index contributed by atoms with van der Waals surface area (Å²) in [5.74, 6) is -0.277. The van der Waals surface area contributed by atoms with Crippen LogP contribution in [0.2, 0.25) is 0 Å². The lowest BCUT2D eigenvalue weighted by Crippen LogP contribution is -2.65. The number of hydrogen-bond acceptors (Lipinski definition) is 13. The smallest absolute Gasteiger partial charge is 0.220 e. The van der Waals surface area contributed by atoms with Gasteiger partial charge < -0.3 is 65.1 Å². The Hall–Kier alpha value is -3.61. The molecule has 2 rings (SSSR count). The van der Waals surface area contributed by atoms with E-state index in [0.717, 1.165) is 89.9 Å². The fraction of sp³-hybridized carbons (Fsp3) is 0.720. The molecule has 89 heavy (non-hydrogen) atoms. The van der Waals surface area contributed by atoms with Gasteiger partial charge in [0.2, 0.25) is 5.91 Å². The summed E-state index contributed by atoms with van der Waals surface area (Å²) in [4.78, 5) is 13.3. The molecule has 0 aromatic rings. The molecule has 510 valence electrons. The molecule has 0 radical (unpaired) electrons. The topological polar surface area (TPSA) is 228 Å². The Morgan fingerprint density at radius 2 is 0.787 bits per heavy atom. The molecule has 14 heteroatoms. The van der Waals surface area contributed by atoms with Gasteiger partial charge >= 0.3 is 0 Å². The minimum absolute atomic E-state index is 0.236. The third kappa shape index (κ3) is 42.3. The molecule has 12 unspecified atom stereocenters. The molecular weight excluding hydrogens is 1120 g/mol. The van der Waals surface area contributed by atoms with Crippen LogP contribution in [0.3, 0.4) is 0 Å². The van der Waals surface area contributed by atoms with Crippen molar-refractivity contribution in [2.24, 2.45) is 0 Å². The molecule has 0 spiro atoms. The molecule has 2 saturated heterocycles. The molecular formula is C75H127NO13. The van der Waals surface area contributed by atoms with Crippen LogP contribution in [-0.4, -0.2) is 140 Å². The predicted octanol–water partition coefficient (Wildman–Crippen LogP) is 14.5. The SMILES string of the molecule is CC/C=C\C/C=C\C/C=C\C/C=C\C/C=C\C/C=C\C/C=C\C/C=C\CCCCCCC(=O)NC(COC1OC(CO)C(OC2OC(CO)C(O)C(O)C2O)C(O)C1O)C(O)/C=C/CC/C=C/CCCCCCCCCCCCCCCCCCCCCC. The molecule has 0 aromatic carbocycles. The Balaban J connectivity index is 1.73. The number of nitrogens with one attached hydrogen (secondary N) is 1. The van der Waals surface area contributed by atoms with E-state index in [-0.39, 0.29) is 18.9 Å². The van der Waals surface area contributed by atoms with Gasteiger partial charge in [-0.25, -0.2) is 0 Å². The Morgan fingerprint density at radius 1 is 0.416 bits per heavy atom. The second-order valence-corrected chi connectivity index (χ2v) is 24.3. The minimum Gasteiger partial charge on any atom is -0.394 e. The van der Waals surface area contributed by atoms with Gasteiger partial charge in [0.05, 0.1) is 32.0 Å². The molecule has 9 N–H and O–H groups in total.